The van der Waals surface area contributed by atoms with Crippen molar-refractivity contribution in [1.29, 1.82) is 0 Å². The number of nitrogens with one attached hydrogen (secondary N) is 3. The number of benzene rings is 1. The highest BCUT2D eigenvalue weighted by molar-refractivity contribution is 7.93. The summed E-state index contributed by atoms with van der Waals surface area (Å²) in [6, 6.07) is 5.96. The van der Waals surface area contributed by atoms with Gasteiger partial charge in [0.1, 0.15) is 0 Å². The van der Waals surface area contributed by atoms with Crippen molar-refractivity contribution in [2.75, 3.05) is 16.6 Å². The summed E-state index contributed by atoms with van der Waals surface area (Å²) in [5, 5.41) is 7.93. The van der Waals surface area contributed by atoms with Crippen LogP contribution in [-0.2, 0) is 14.8 Å². The third kappa shape index (κ3) is 5.15. The van der Waals surface area contributed by atoms with Gasteiger partial charge in [0.05, 0.1) is 10.9 Å². The van der Waals surface area contributed by atoms with Crippen LogP contribution in [0.15, 0.2) is 40.7 Å². The Morgan fingerprint density at radius 3 is 2.84 bits per heavy atom. The fourth-order valence-electron chi connectivity index (χ4n) is 2.49. The van der Waals surface area contributed by atoms with Crippen LogP contribution in [0.3, 0.4) is 0 Å². The zero-order chi connectivity index (χ0) is 17.0. The highest BCUT2D eigenvalue weighted by Gasteiger charge is 2.21. The number of carbonyl (C=O) groups excluding carboxylic acids is 1. The molecule has 2 aromatic rings. The molecule has 1 amide bonds. The molecular formula is C15H19ClN4O3S2. The van der Waals surface area contributed by atoms with Gasteiger partial charge in [-0.1, -0.05) is 12.5 Å². The molecule has 0 spiro atoms. The Bertz CT molecular complexity index is 806. The van der Waals surface area contributed by atoms with E-state index in [2.05, 4.69) is 20.3 Å². The Kier molecular flexibility index (Phi) is 6.77. The Balaban J connectivity index is 0.00000225. The summed E-state index contributed by atoms with van der Waals surface area (Å²) >= 11 is 1.20. The Labute approximate surface area is 156 Å². The molecule has 1 aromatic heterocycles. The normalized spacial score (nSPS) is 17.4. The van der Waals surface area contributed by atoms with Crippen molar-refractivity contribution in [2.45, 2.75) is 30.2 Å². The molecule has 136 valence electrons. The fraction of sp³-hybridized carbons (Fsp3) is 0.333. The molecule has 1 unspecified atom stereocenters. The van der Waals surface area contributed by atoms with Crippen molar-refractivity contribution < 1.29 is 13.2 Å². The van der Waals surface area contributed by atoms with Gasteiger partial charge in [-0.2, -0.15) is 0 Å². The monoisotopic (exact) mass is 402 g/mol. The van der Waals surface area contributed by atoms with E-state index in [1.54, 1.807) is 17.5 Å². The molecule has 1 fully saturated rings. The van der Waals surface area contributed by atoms with Crippen LogP contribution in [0.1, 0.15) is 19.3 Å². The third-order valence-electron chi connectivity index (χ3n) is 3.69. The average molecular weight is 403 g/mol. The summed E-state index contributed by atoms with van der Waals surface area (Å²) in [5.41, 5.74) is 0.453. The van der Waals surface area contributed by atoms with E-state index in [9.17, 15) is 13.2 Å². The van der Waals surface area contributed by atoms with Crippen LogP contribution >= 0.6 is 23.7 Å². The number of nitrogens with zero attached hydrogens (tertiary/aromatic N) is 1. The summed E-state index contributed by atoms with van der Waals surface area (Å²) in [7, 11) is -3.74. The Morgan fingerprint density at radius 1 is 1.32 bits per heavy atom. The van der Waals surface area contributed by atoms with E-state index in [1.165, 1.54) is 29.7 Å². The average Bonchev–Trinajstić information content (AvgIpc) is 3.08. The minimum atomic E-state index is -3.74. The zero-order valence-corrected chi connectivity index (χ0v) is 15.7. The number of anilines is 2. The second-order valence-electron chi connectivity index (χ2n) is 5.46. The van der Waals surface area contributed by atoms with Crippen molar-refractivity contribution >= 4 is 50.5 Å². The summed E-state index contributed by atoms with van der Waals surface area (Å²) in [4.78, 5) is 16.2. The quantitative estimate of drug-likeness (QED) is 0.713. The maximum absolute atomic E-state index is 12.4. The van der Waals surface area contributed by atoms with Gasteiger partial charge in [-0.25, -0.2) is 13.4 Å². The van der Waals surface area contributed by atoms with Gasteiger partial charge in [-0.05, 0) is 37.6 Å². The molecule has 2 heterocycles. The lowest BCUT2D eigenvalue weighted by molar-refractivity contribution is -0.118. The second-order valence-corrected chi connectivity index (χ2v) is 8.04. The number of hydrogen-bond donors (Lipinski definition) is 3. The number of piperidine rings is 1. The fourth-order valence-corrected chi connectivity index (χ4v) is 4.33. The van der Waals surface area contributed by atoms with Gasteiger partial charge in [0.2, 0.25) is 5.91 Å². The van der Waals surface area contributed by atoms with Crippen LogP contribution in [-0.4, -0.2) is 31.9 Å². The molecular weight excluding hydrogens is 384 g/mol. The third-order valence-corrected chi connectivity index (χ3v) is 5.85. The lowest BCUT2D eigenvalue weighted by Gasteiger charge is -2.22. The molecule has 1 saturated heterocycles. The van der Waals surface area contributed by atoms with Gasteiger partial charge in [0.25, 0.3) is 10.0 Å². The highest BCUT2D eigenvalue weighted by atomic mass is 35.5. The van der Waals surface area contributed by atoms with E-state index in [0.29, 0.717) is 10.8 Å². The number of amides is 1. The Morgan fingerprint density at radius 2 is 2.16 bits per heavy atom. The molecule has 1 aliphatic heterocycles. The minimum Gasteiger partial charge on any atom is -0.325 e. The van der Waals surface area contributed by atoms with E-state index < -0.39 is 10.0 Å². The Hall–Kier alpha value is -1.68. The topological polar surface area (TPSA) is 100 Å². The molecule has 0 bridgehead atoms. The van der Waals surface area contributed by atoms with Crippen LogP contribution in [0, 0.1) is 0 Å². The molecule has 7 nitrogen and oxygen atoms in total. The van der Waals surface area contributed by atoms with Crippen molar-refractivity contribution in [3.05, 3.63) is 35.8 Å². The number of halogens is 1. The standard InChI is InChI=1S/C15H18N4O3S2.ClH/c20-14(13-6-1-2-7-16-13)18-11-4-3-5-12(10-11)24(21,22)19-15-17-8-9-23-15;/h3-5,8-10,13,16H,1-2,6-7H2,(H,17,19)(H,18,20);1H. The zero-order valence-electron chi connectivity index (χ0n) is 13.3. The molecule has 1 aliphatic rings. The summed E-state index contributed by atoms with van der Waals surface area (Å²) < 4.78 is 27.2. The molecule has 10 heteroatoms. The first-order valence-corrected chi connectivity index (χ1v) is 9.97. The van der Waals surface area contributed by atoms with Crippen molar-refractivity contribution in [1.82, 2.24) is 10.3 Å². The number of sulfonamides is 1. The molecule has 3 rings (SSSR count). The predicted octanol–water partition coefficient (Wildman–Crippen LogP) is 2.45. The van der Waals surface area contributed by atoms with Gasteiger partial charge in [-0.15, -0.1) is 23.7 Å². The molecule has 25 heavy (non-hydrogen) atoms. The number of carbonyl (C=O) groups is 1. The van der Waals surface area contributed by atoms with Gasteiger partial charge < -0.3 is 10.6 Å². The summed E-state index contributed by atoms with van der Waals surface area (Å²) in [5.74, 6) is -0.142. The number of aromatic nitrogens is 1. The van der Waals surface area contributed by atoms with E-state index in [1.807, 2.05) is 0 Å². The van der Waals surface area contributed by atoms with E-state index in [-0.39, 0.29) is 29.3 Å². The van der Waals surface area contributed by atoms with E-state index >= 15 is 0 Å². The lowest BCUT2D eigenvalue weighted by atomic mass is 10.0. The first-order valence-electron chi connectivity index (χ1n) is 7.61. The van der Waals surface area contributed by atoms with Gasteiger partial charge in [0, 0.05) is 17.3 Å². The van der Waals surface area contributed by atoms with E-state index in [0.717, 1.165) is 25.8 Å². The summed E-state index contributed by atoms with van der Waals surface area (Å²) in [6.07, 6.45) is 4.39. The number of hydrogen-bond acceptors (Lipinski definition) is 6. The van der Waals surface area contributed by atoms with Crippen molar-refractivity contribution in [3.63, 3.8) is 0 Å². The largest absolute Gasteiger partial charge is 0.325 e. The lowest BCUT2D eigenvalue weighted by Crippen LogP contribution is -2.43. The van der Waals surface area contributed by atoms with Crippen molar-refractivity contribution in [2.24, 2.45) is 0 Å². The van der Waals surface area contributed by atoms with Crippen LogP contribution in [0.4, 0.5) is 10.8 Å². The minimum absolute atomic E-state index is 0. The first kappa shape index (κ1) is 19.6. The van der Waals surface area contributed by atoms with Gasteiger partial charge >= 0.3 is 0 Å². The SMILES string of the molecule is Cl.O=C(Nc1cccc(S(=O)(=O)Nc2nccs2)c1)C1CCCCN1. The smallest absolute Gasteiger partial charge is 0.263 e. The molecule has 0 aliphatic carbocycles. The van der Waals surface area contributed by atoms with Crippen LogP contribution < -0.4 is 15.4 Å². The van der Waals surface area contributed by atoms with Gasteiger partial charge in [0.15, 0.2) is 5.13 Å². The van der Waals surface area contributed by atoms with Crippen molar-refractivity contribution in [3.8, 4) is 0 Å². The first-order chi connectivity index (χ1) is 11.5. The molecule has 0 radical (unpaired) electrons. The number of thiazole rings is 1. The van der Waals surface area contributed by atoms with E-state index in [4.69, 9.17) is 0 Å². The highest BCUT2D eigenvalue weighted by Crippen LogP contribution is 2.21. The summed E-state index contributed by atoms with van der Waals surface area (Å²) in [6.45, 7) is 0.824. The second kappa shape index (κ2) is 8.61. The van der Waals surface area contributed by atoms with Gasteiger partial charge in [-0.3, -0.25) is 9.52 Å². The van der Waals surface area contributed by atoms with Crippen LogP contribution in [0.5, 0.6) is 0 Å². The molecule has 3 N–H and O–H groups in total. The number of rotatable bonds is 5. The molecule has 1 atom stereocenters. The predicted molar refractivity (Wildman–Crippen MR) is 101 cm³/mol. The molecule has 1 aromatic carbocycles. The maximum atomic E-state index is 12.4. The maximum Gasteiger partial charge on any atom is 0.263 e. The molecule has 0 saturated carbocycles. The van der Waals surface area contributed by atoms with Crippen LogP contribution in [0.2, 0.25) is 0 Å². The van der Waals surface area contributed by atoms with Crippen LogP contribution in [0.25, 0.3) is 0 Å².